The highest BCUT2D eigenvalue weighted by Crippen LogP contribution is 2.35. The number of para-hydroxylation sites is 1. The number of anilines is 1. The molecular formula is C33H29N3O4. The number of hydrogen-bond donors (Lipinski definition) is 1. The lowest BCUT2D eigenvalue weighted by atomic mass is 10.1. The first-order chi connectivity index (χ1) is 19.5. The number of pyridine rings is 2. The lowest BCUT2D eigenvalue weighted by Crippen LogP contribution is -2.13. The van der Waals surface area contributed by atoms with Gasteiger partial charge in [-0.3, -0.25) is 9.78 Å². The monoisotopic (exact) mass is 531 g/mol. The molecule has 1 N–H and O–H groups in total. The van der Waals surface area contributed by atoms with E-state index >= 15 is 0 Å². The number of rotatable bonds is 9. The molecule has 0 bridgehead atoms. The minimum atomic E-state index is -0.317. The first-order valence-electron chi connectivity index (χ1n) is 12.9. The van der Waals surface area contributed by atoms with Gasteiger partial charge < -0.3 is 19.5 Å². The summed E-state index contributed by atoms with van der Waals surface area (Å²) in [5.41, 5.74) is 4.57. The Morgan fingerprint density at radius 3 is 2.45 bits per heavy atom. The van der Waals surface area contributed by atoms with E-state index in [-0.39, 0.29) is 5.91 Å². The molecule has 7 heteroatoms. The van der Waals surface area contributed by atoms with Gasteiger partial charge in [0.2, 0.25) is 5.88 Å². The predicted octanol–water partition coefficient (Wildman–Crippen LogP) is 7.86. The second-order valence-electron chi connectivity index (χ2n) is 9.06. The number of methoxy groups -OCH3 is 1. The van der Waals surface area contributed by atoms with E-state index in [0.29, 0.717) is 40.1 Å². The van der Waals surface area contributed by atoms with E-state index in [1.807, 2.05) is 67.6 Å². The maximum atomic E-state index is 13.3. The molecule has 0 aliphatic heterocycles. The number of amides is 1. The SMILES string of the molecule is CCc1cc(-c2cccnc2Oc2cc(C(=O)Nc3cc(Oc4ccccc4)ccc3OC)ccc2C)ccn1. The molecular weight excluding hydrogens is 502 g/mol. The van der Waals surface area contributed by atoms with Crippen LogP contribution in [0, 0.1) is 6.92 Å². The van der Waals surface area contributed by atoms with Crippen molar-refractivity contribution in [2.75, 3.05) is 12.4 Å². The topological polar surface area (TPSA) is 82.6 Å². The molecule has 1 amide bonds. The first kappa shape index (κ1) is 26.4. The Bertz CT molecular complexity index is 1640. The van der Waals surface area contributed by atoms with Gasteiger partial charge in [0.05, 0.1) is 12.8 Å². The summed E-state index contributed by atoms with van der Waals surface area (Å²) in [7, 11) is 1.55. The zero-order valence-corrected chi connectivity index (χ0v) is 22.5. The third-order valence-corrected chi connectivity index (χ3v) is 6.32. The van der Waals surface area contributed by atoms with E-state index in [2.05, 4.69) is 22.2 Å². The van der Waals surface area contributed by atoms with E-state index < -0.39 is 0 Å². The third-order valence-electron chi connectivity index (χ3n) is 6.32. The average Bonchev–Trinajstić information content (AvgIpc) is 2.99. The van der Waals surface area contributed by atoms with E-state index in [9.17, 15) is 4.79 Å². The largest absolute Gasteiger partial charge is 0.495 e. The summed E-state index contributed by atoms with van der Waals surface area (Å²) in [6.07, 6.45) is 4.30. The fourth-order valence-corrected chi connectivity index (χ4v) is 4.15. The Kier molecular flexibility index (Phi) is 8.02. The Labute approximate surface area is 233 Å². The smallest absolute Gasteiger partial charge is 0.255 e. The molecule has 7 nitrogen and oxygen atoms in total. The number of ether oxygens (including phenoxy) is 3. The van der Waals surface area contributed by atoms with Crippen molar-refractivity contribution in [2.45, 2.75) is 20.3 Å². The van der Waals surface area contributed by atoms with Gasteiger partial charge >= 0.3 is 0 Å². The number of carbonyl (C=O) groups excluding carboxylic acids is 1. The lowest BCUT2D eigenvalue weighted by molar-refractivity contribution is 0.102. The summed E-state index contributed by atoms with van der Waals surface area (Å²) in [6, 6.07) is 27.8. The van der Waals surface area contributed by atoms with Crippen molar-refractivity contribution in [3.05, 3.63) is 120 Å². The number of nitrogens with one attached hydrogen (secondary N) is 1. The number of aromatic nitrogens is 2. The van der Waals surface area contributed by atoms with Gasteiger partial charge in [-0.25, -0.2) is 4.98 Å². The van der Waals surface area contributed by atoms with Crippen molar-refractivity contribution in [3.63, 3.8) is 0 Å². The van der Waals surface area contributed by atoms with Gasteiger partial charge in [-0.05, 0) is 85.1 Å². The van der Waals surface area contributed by atoms with Crippen LogP contribution in [0.25, 0.3) is 11.1 Å². The standard InChI is InChI=1S/C33H29N3O4/c1-4-25-19-23(16-18-34-25)28-11-8-17-35-33(28)40-31-20-24(13-12-22(31)2)32(37)36-29-21-27(14-15-30(29)38-3)39-26-9-6-5-7-10-26/h5-21H,4H2,1-3H3,(H,36,37). The number of benzene rings is 3. The molecule has 0 aliphatic carbocycles. The zero-order valence-electron chi connectivity index (χ0n) is 22.5. The molecule has 0 unspecified atom stereocenters. The summed E-state index contributed by atoms with van der Waals surface area (Å²) in [5.74, 6) is 2.44. The van der Waals surface area contributed by atoms with Gasteiger partial charge in [-0.15, -0.1) is 0 Å². The Balaban J connectivity index is 1.39. The highest BCUT2D eigenvalue weighted by Gasteiger charge is 2.16. The Hall–Kier alpha value is -5.17. The molecule has 5 rings (SSSR count). The molecule has 0 radical (unpaired) electrons. The van der Waals surface area contributed by atoms with Crippen LogP contribution in [0.2, 0.25) is 0 Å². The van der Waals surface area contributed by atoms with Crippen molar-refractivity contribution in [1.29, 1.82) is 0 Å². The second kappa shape index (κ2) is 12.1. The molecule has 200 valence electrons. The van der Waals surface area contributed by atoms with E-state index in [1.54, 1.807) is 49.8 Å². The summed E-state index contributed by atoms with van der Waals surface area (Å²) in [4.78, 5) is 22.2. The Morgan fingerprint density at radius 1 is 0.800 bits per heavy atom. The van der Waals surface area contributed by atoms with Gasteiger partial charge in [0.25, 0.3) is 5.91 Å². The van der Waals surface area contributed by atoms with Crippen molar-refractivity contribution in [3.8, 4) is 40.0 Å². The van der Waals surface area contributed by atoms with Gasteiger partial charge in [0.1, 0.15) is 23.0 Å². The average molecular weight is 532 g/mol. The summed E-state index contributed by atoms with van der Waals surface area (Å²) < 4.78 is 17.7. The quantitative estimate of drug-likeness (QED) is 0.208. The van der Waals surface area contributed by atoms with Gasteiger partial charge in [-0.1, -0.05) is 31.2 Å². The number of aryl methyl sites for hydroxylation is 2. The van der Waals surface area contributed by atoms with Crippen molar-refractivity contribution in [2.24, 2.45) is 0 Å². The van der Waals surface area contributed by atoms with Gasteiger partial charge in [-0.2, -0.15) is 0 Å². The minimum Gasteiger partial charge on any atom is -0.495 e. The molecule has 0 saturated carbocycles. The van der Waals surface area contributed by atoms with Gasteiger partial charge in [0.15, 0.2) is 0 Å². The molecule has 3 aromatic carbocycles. The first-order valence-corrected chi connectivity index (χ1v) is 12.9. The van der Waals surface area contributed by atoms with Gasteiger partial charge in [0, 0.05) is 35.3 Å². The van der Waals surface area contributed by atoms with Crippen LogP contribution in [-0.2, 0) is 6.42 Å². The maximum absolute atomic E-state index is 13.3. The van der Waals surface area contributed by atoms with Crippen molar-refractivity contribution >= 4 is 11.6 Å². The van der Waals surface area contributed by atoms with E-state index in [1.165, 1.54) is 0 Å². The van der Waals surface area contributed by atoms with Crippen LogP contribution in [0.15, 0.2) is 103 Å². The van der Waals surface area contributed by atoms with Crippen molar-refractivity contribution < 1.29 is 19.0 Å². The maximum Gasteiger partial charge on any atom is 0.255 e. The summed E-state index contributed by atoms with van der Waals surface area (Å²) in [6.45, 7) is 3.99. The van der Waals surface area contributed by atoms with Crippen LogP contribution in [0.1, 0.15) is 28.5 Å². The highest BCUT2D eigenvalue weighted by atomic mass is 16.5. The highest BCUT2D eigenvalue weighted by molar-refractivity contribution is 6.05. The fourth-order valence-electron chi connectivity index (χ4n) is 4.15. The fraction of sp³-hybridized carbons (Fsp3) is 0.121. The van der Waals surface area contributed by atoms with Crippen LogP contribution < -0.4 is 19.5 Å². The number of hydrogen-bond acceptors (Lipinski definition) is 6. The normalized spacial score (nSPS) is 10.6. The third kappa shape index (κ3) is 6.10. The Morgan fingerprint density at radius 2 is 1.65 bits per heavy atom. The van der Waals surface area contributed by atoms with Crippen LogP contribution in [0.3, 0.4) is 0 Å². The van der Waals surface area contributed by atoms with E-state index in [0.717, 1.165) is 28.8 Å². The van der Waals surface area contributed by atoms with Crippen LogP contribution in [-0.4, -0.2) is 23.0 Å². The molecule has 0 saturated heterocycles. The molecule has 40 heavy (non-hydrogen) atoms. The molecule has 0 aliphatic rings. The molecule has 0 spiro atoms. The van der Waals surface area contributed by atoms with Crippen molar-refractivity contribution in [1.82, 2.24) is 9.97 Å². The lowest BCUT2D eigenvalue weighted by Gasteiger charge is -2.15. The zero-order chi connectivity index (χ0) is 27.9. The molecule has 0 atom stereocenters. The molecule has 2 aromatic heterocycles. The molecule has 2 heterocycles. The van der Waals surface area contributed by atoms with Crippen LogP contribution >= 0.6 is 0 Å². The second-order valence-corrected chi connectivity index (χ2v) is 9.06. The molecule has 5 aromatic rings. The van der Waals surface area contributed by atoms with Crippen LogP contribution in [0.5, 0.6) is 28.9 Å². The summed E-state index contributed by atoms with van der Waals surface area (Å²) in [5, 5.41) is 2.94. The van der Waals surface area contributed by atoms with Crippen LogP contribution in [0.4, 0.5) is 5.69 Å². The predicted molar refractivity (Wildman–Crippen MR) is 156 cm³/mol. The summed E-state index contributed by atoms with van der Waals surface area (Å²) >= 11 is 0. The number of carbonyl (C=O) groups is 1. The van der Waals surface area contributed by atoms with E-state index in [4.69, 9.17) is 14.2 Å². The minimum absolute atomic E-state index is 0.317. The molecule has 0 fully saturated rings. The number of nitrogens with zero attached hydrogens (tertiary/aromatic N) is 2.